The van der Waals surface area contributed by atoms with Gasteiger partial charge in [0.2, 0.25) is 0 Å². The van der Waals surface area contributed by atoms with Crippen LogP contribution in [0.3, 0.4) is 0 Å². The third-order valence-corrected chi connectivity index (χ3v) is 2.94. The molecule has 0 radical (unpaired) electrons. The van der Waals surface area contributed by atoms with Crippen molar-refractivity contribution in [2.75, 3.05) is 13.1 Å². The molecule has 0 aromatic heterocycles. The summed E-state index contributed by atoms with van der Waals surface area (Å²) >= 11 is 0. The largest absolute Gasteiger partial charge is 0.481 e. The molecule has 5 nitrogen and oxygen atoms in total. The third-order valence-electron chi connectivity index (χ3n) is 2.94. The Labute approximate surface area is 114 Å². The average Bonchev–Trinajstić information content (AvgIpc) is 2.27. The van der Waals surface area contributed by atoms with Crippen molar-refractivity contribution in [2.45, 2.75) is 46.1 Å². The number of aliphatic carboxylic acids is 1. The lowest BCUT2D eigenvalue weighted by molar-refractivity contribution is -0.141. The molecule has 0 aromatic carbocycles. The van der Waals surface area contributed by atoms with E-state index < -0.39 is 11.6 Å². The first kappa shape index (κ1) is 15.5. The molecule has 1 aliphatic rings. The van der Waals surface area contributed by atoms with E-state index in [1.165, 1.54) is 0 Å². The van der Waals surface area contributed by atoms with Crippen LogP contribution in [0.15, 0.2) is 11.6 Å². The second kappa shape index (κ2) is 6.08. The van der Waals surface area contributed by atoms with E-state index in [1.807, 2.05) is 26.8 Å². The number of hydrogen-bond donors (Lipinski definition) is 1. The summed E-state index contributed by atoms with van der Waals surface area (Å²) in [5.74, 6) is -1.16. The Morgan fingerprint density at radius 1 is 1.47 bits per heavy atom. The SMILES string of the molecule is CC(CC1=CCN(C(=O)OC(C)(C)C)CC1)C(=O)O. The van der Waals surface area contributed by atoms with Crippen molar-refractivity contribution in [3.05, 3.63) is 11.6 Å². The van der Waals surface area contributed by atoms with Crippen LogP contribution in [0, 0.1) is 5.92 Å². The van der Waals surface area contributed by atoms with Gasteiger partial charge in [-0.2, -0.15) is 0 Å². The predicted octanol–water partition coefficient (Wildman–Crippen LogP) is 2.66. The summed E-state index contributed by atoms with van der Waals surface area (Å²) in [6.45, 7) is 8.30. The Balaban J connectivity index is 2.49. The van der Waals surface area contributed by atoms with Gasteiger partial charge in [-0.15, -0.1) is 0 Å². The zero-order valence-corrected chi connectivity index (χ0v) is 12.1. The summed E-state index contributed by atoms with van der Waals surface area (Å²) in [6.07, 6.45) is 2.90. The van der Waals surface area contributed by atoms with E-state index in [0.717, 1.165) is 12.0 Å². The Bertz CT molecular complexity index is 381. The predicted molar refractivity (Wildman–Crippen MR) is 71.9 cm³/mol. The molecule has 0 spiro atoms. The number of rotatable bonds is 3. The molecule has 1 N–H and O–H groups in total. The van der Waals surface area contributed by atoms with Gasteiger partial charge in [0.1, 0.15) is 5.60 Å². The van der Waals surface area contributed by atoms with Crippen molar-refractivity contribution < 1.29 is 19.4 Å². The molecule has 0 saturated carbocycles. The van der Waals surface area contributed by atoms with Crippen LogP contribution < -0.4 is 0 Å². The van der Waals surface area contributed by atoms with Crippen LogP contribution >= 0.6 is 0 Å². The highest BCUT2D eigenvalue weighted by Gasteiger charge is 2.24. The maximum Gasteiger partial charge on any atom is 0.410 e. The summed E-state index contributed by atoms with van der Waals surface area (Å²) in [5, 5.41) is 8.87. The van der Waals surface area contributed by atoms with Gasteiger partial charge >= 0.3 is 12.1 Å². The second-order valence-corrected chi connectivity index (χ2v) is 5.98. The number of ether oxygens (including phenoxy) is 1. The summed E-state index contributed by atoms with van der Waals surface area (Å²) in [4.78, 5) is 24.3. The fourth-order valence-electron chi connectivity index (χ4n) is 1.87. The summed E-state index contributed by atoms with van der Waals surface area (Å²) < 4.78 is 5.30. The van der Waals surface area contributed by atoms with E-state index >= 15 is 0 Å². The van der Waals surface area contributed by atoms with Crippen LogP contribution in [-0.2, 0) is 9.53 Å². The Morgan fingerprint density at radius 3 is 2.53 bits per heavy atom. The third kappa shape index (κ3) is 5.32. The molecule has 1 unspecified atom stereocenters. The van der Waals surface area contributed by atoms with Crippen molar-refractivity contribution in [3.63, 3.8) is 0 Å². The molecule has 1 atom stereocenters. The first-order valence-electron chi connectivity index (χ1n) is 6.57. The lowest BCUT2D eigenvalue weighted by Crippen LogP contribution is -2.39. The minimum absolute atomic E-state index is 0.311. The lowest BCUT2D eigenvalue weighted by atomic mass is 9.97. The standard InChI is InChI=1S/C14H23NO4/c1-10(12(16)17)9-11-5-7-15(8-6-11)13(18)19-14(2,3)4/h5,10H,6-9H2,1-4H3,(H,16,17). The number of nitrogens with zero attached hydrogens (tertiary/aromatic N) is 1. The summed E-state index contributed by atoms with van der Waals surface area (Å²) in [7, 11) is 0. The van der Waals surface area contributed by atoms with Gasteiger partial charge in [0.05, 0.1) is 5.92 Å². The van der Waals surface area contributed by atoms with Crippen molar-refractivity contribution in [3.8, 4) is 0 Å². The first-order chi connectivity index (χ1) is 8.69. The maximum atomic E-state index is 11.8. The molecule has 108 valence electrons. The summed E-state index contributed by atoms with van der Waals surface area (Å²) in [5.41, 5.74) is 0.619. The number of carboxylic acids is 1. The van der Waals surface area contributed by atoms with Gasteiger partial charge in [-0.1, -0.05) is 18.6 Å². The molecular weight excluding hydrogens is 246 g/mol. The number of amides is 1. The molecule has 1 rings (SSSR count). The van der Waals surface area contributed by atoms with Gasteiger partial charge in [-0.3, -0.25) is 4.79 Å². The summed E-state index contributed by atoms with van der Waals surface area (Å²) in [6, 6.07) is 0. The van der Waals surface area contributed by atoms with E-state index in [1.54, 1.807) is 11.8 Å². The monoisotopic (exact) mass is 269 g/mol. The van der Waals surface area contributed by atoms with Gasteiger partial charge in [-0.05, 0) is 33.6 Å². The van der Waals surface area contributed by atoms with Crippen molar-refractivity contribution in [1.29, 1.82) is 0 Å². The molecule has 0 fully saturated rings. The van der Waals surface area contributed by atoms with Crippen LogP contribution in [0.5, 0.6) is 0 Å². The van der Waals surface area contributed by atoms with E-state index in [-0.39, 0.29) is 12.0 Å². The molecule has 0 aromatic rings. The fourth-order valence-corrected chi connectivity index (χ4v) is 1.87. The van der Waals surface area contributed by atoms with Gasteiger partial charge in [0.15, 0.2) is 0 Å². The number of carbonyl (C=O) groups excluding carboxylic acids is 1. The van der Waals surface area contributed by atoms with Crippen molar-refractivity contribution >= 4 is 12.1 Å². The van der Waals surface area contributed by atoms with Gasteiger partial charge in [0, 0.05) is 13.1 Å². The van der Waals surface area contributed by atoms with Crippen LogP contribution in [0.4, 0.5) is 4.79 Å². The van der Waals surface area contributed by atoms with Crippen LogP contribution in [0.2, 0.25) is 0 Å². The highest BCUT2D eigenvalue weighted by Crippen LogP contribution is 2.20. The zero-order chi connectivity index (χ0) is 14.6. The van der Waals surface area contributed by atoms with Crippen LogP contribution in [-0.4, -0.2) is 40.8 Å². The van der Waals surface area contributed by atoms with E-state index in [9.17, 15) is 9.59 Å². The van der Waals surface area contributed by atoms with Crippen molar-refractivity contribution in [2.24, 2.45) is 5.92 Å². The topological polar surface area (TPSA) is 66.8 Å². The zero-order valence-electron chi connectivity index (χ0n) is 12.1. The molecule has 5 heteroatoms. The number of hydrogen-bond acceptors (Lipinski definition) is 3. The quantitative estimate of drug-likeness (QED) is 0.800. The van der Waals surface area contributed by atoms with Crippen LogP contribution in [0.1, 0.15) is 40.5 Å². The minimum Gasteiger partial charge on any atom is -0.481 e. The van der Waals surface area contributed by atoms with E-state index in [2.05, 4.69) is 0 Å². The molecule has 1 amide bonds. The molecular formula is C14H23NO4. The molecule has 0 bridgehead atoms. The smallest absolute Gasteiger partial charge is 0.410 e. The van der Waals surface area contributed by atoms with E-state index in [4.69, 9.17) is 9.84 Å². The Hall–Kier alpha value is -1.52. The van der Waals surface area contributed by atoms with Crippen molar-refractivity contribution in [1.82, 2.24) is 4.90 Å². The van der Waals surface area contributed by atoms with Crippen LogP contribution in [0.25, 0.3) is 0 Å². The molecule has 1 aliphatic heterocycles. The number of carboxylic acid groups (broad SMARTS) is 1. The van der Waals surface area contributed by atoms with Gasteiger partial charge < -0.3 is 14.7 Å². The molecule has 1 heterocycles. The molecule has 19 heavy (non-hydrogen) atoms. The Morgan fingerprint density at radius 2 is 2.11 bits per heavy atom. The second-order valence-electron chi connectivity index (χ2n) is 5.98. The lowest BCUT2D eigenvalue weighted by Gasteiger charge is -2.29. The first-order valence-corrected chi connectivity index (χ1v) is 6.57. The van der Waals surface area contributed by atoms with Gasteiger partial charge in [-0.25, -0.2) is 4.79 Å². The molecule has 0 aliphatic carbocycles. The number of carbonyl (C=O) groups is 2. The minimum atomic E-state index is -0.782. The highest BCUT2D eigenvalue weighted by molar-refractivity contribution is 5.70. The highest BCUT2D eigenvalue weighted by atomic mass is 16.6. The average molecular weight is 269 g/mol. The normalized spacial score (nSPS) is 17.7. The fraction of sp³-hybridized carbons (Fsp3) is 0.714. The van der Waals surface area contributed by atoms with Gasteiger partial charge in [0.25, 0.3) is 0 Å². The van der Waals surface area contributed by atoms with E-state index in [0.29, 0.717) is 19.5 Å². The maximum absolute atomic E-state index is 11.8. The Kier molecular flexibility index (Phi) is 4.97. The molecule has 0 saturated heterocycles.